The third-order valence-corrected chi connectivity index (χ3v) is 6.39. The Balaban J connectivity index is 1.29. The number of benzene rings is 2. The zero-order valence-corrected chi connectivity index (χ0v) is 16.7. The molecule has 28 heavy (non-hydrogen) atoms. The molecule has 4 rings (SSSR count). The molecule has 0 saturated carbocycles. The first-order valence-electron chi connectivity index (χ1n) is 9.58. The van der Waals surface area contributed by atoms with Gasteiger partial charge in [-0.05, 0) is 44.0 Å². The Labute approximate surface area is 168 Å². The Morgan fingerprint density at radius 2 is 1.93 bits per heavy atom. The predicted octanol–water partition coefficient (Wildman–Crippen LogP) is 3.74. The Morgan fingerprint density at radius 1 is 1.14 bits per heavy atom. The normalized spacial score (nSPS) is 15.0. The van der Waals surface area contributed by atoms with Crippen LogP contribution in [0.25, 0.3) is 10.2 Å². The first-order chi connectivity index (χ1) is 13.6. The van der Waals surface area contributed by atoms with Gasteiger partial charge < -0.3 is 10.2 Å². The van der Waals surface area contributed by atoms with Gasteiger partial charge in [0.15, 0.2) is 0 Å². The van der Waals surface area contributed by atoms with Crippen LogP contribution >= 0.6 is 11.3 Å². The van der Waals surface area contributed by atoms with Gasteiger partial charge in [-0.15, -0.1) is 11.3 Å². The summed E-state index contributed by atoms with van der Waals surface area (Å²) in [7, 11) is 0. The SMILES string of the molecule is Cc1cccc(C(=O)NCC(=O)N2CCC(c3nc4ccccc4s3)CC2)c1. The summed E-state index contributed by atoms with van der Waals surface area (Å²) in [6.07, 6.45) is 1.83. The Morgan fingerprint density at radius 3 is 2.68 bits per heavy atom. The minimum Gasteiger partial charge on any atom is -0.343 e. The Kier molecular flexibility index (Phi) is 5.39. The number of carbonyl (C=O) groups excluding carboxylic acids is 2. The molecule has 2 amide bonds. The second-order valence-corrected chi connectivity index (χ2v) is 8.29. The highest BCUT2D eigenvalue weighted by Gasteiger charge is 2.26. The molecule has 144 valence electrons. The number of thiazole rings is 1. The molecule has 0 aliphatic carbocycles. The van der Waals surface area contributed by atoms with Crippen molar-refractivity contribution in [1.82, 2.24) is 15.2 Å². The molecule has 0 radical (unpaired) electrons. The van der Waals surface area contributed by atoms with E-state index in [1.54, 1.807) is 17.4 Å². The number of aryl methyl sites for hydroxylation is 1. The number of para-hydroxylation sites is 1. The topological polar surface area (TPSA) is 62.3 Å². The van der Waals surface area contributed by atoms with Crippen molar-refractivity contribution in [2.45, 2.75) is 25.7 Å². The number of nitrogens with zero attached hydrogens (tertiary/aromatic N) is 2. The molecule has 0 atom stereocenters. The standard InChI is InChI=1S/C22H23N3O2S/c1-15-5-4-6-17(13-15)21(27)23-14-20(26)25-11-9-16(10-12-25)22-24-18-7-2-3-8-19(18)28-22/h2-8,13,16H,9-12,14H2,1H3,(H,23,27). The summed E-state index contributed by atoms with van der Waals surface area (Å²) in [6, 6.07) is 15.6. The summed E-state index contributed by atoms with van der Waals surface area (Å²) in [5.41, 5.74) is 2.66. The lowest BCUT2D eigenvalue weighted by molar-refractivity contribution is -0.131. The largest absolute Gasteiger partial charge is 0.343 e. The number of aromatic nitrogens is 1. The highest BCUT2D eigenvalue weighted by molar-refractivity contribution is 7.18. The molecule has 2 aromatic carbocycles. The minimum atomic E-state index is -0.207. The van der Waals surface area contributed by atoms with Crippen molar-refractivity contribution in [2.75, 3.05) is 19.6 Å². The molecule has 5 nitrogen and oxygen atoms in total. The molecule has 3 aromatic rings. The fraction of sp³-hybridized carbons (Fsp3) is 0.318. The number of likely N-dealkylation sites (tertiary alicyclic amines) is 1. The van der Waals surface area contributed by atoms with E-state index in [4.69, 9.17) is 4.98 Å². The van der Waals surface area contributed by atoms with E-state index in [9.17, 15) is 9.59 Å². The number of carbonyl (C=O) groups is 2. The summed E-state index contributed by atoms with van der Waals surface area (Å²) >= 11 is 1.75. The van der Waals surface area contributed by atoms with E-state index < -0.39 is 0 Å². The number of rotatable bonds is 4. The van der Waals surface area contributed by atoms with Gasteiger partial charge in [0.2, 0.25) is 5.91 Å². The van der Waals surface area contributed by atoms with Crippen molar-refractivity contribution in [3.05, 3.63) is 64.7 Å². The van der Waals surface area contributed by atoms with E-state index >= 15 is 0 Å². The second kappa shape index (κ2) is 8.10. The van der Waals surface area contributed by atoms with Crippen LogP contribution in [0.1, 0.15) is 39.7 Å². The summed E-state index contributed by atoms with van der Waals surface area (Å²) in [6.45, 7) is 3.40. The maximum atomic E-state index is 12.5. The monoisotopic (exact) mass is 393 g/mol. The lowest BCUT2D eigenvalue weighted by atomic mass is 9.97. The van der Waals surface area contributed by atoms with E-state index in [0.29, 0.717) is 24.6 Å². The van der Waals surface area contributed by atoms with Gasteiger partial charge in [-0.2, -0.15) is 0 Å². The van der Waals surface area contributed by atoms with Gasteiger partial charge in [-0.25, -0.2) is 4.98 Å². The number of hydrogen-bond donors (Lipinski definition) is 1. The van der Waals surface area contributed by atoms with Crippen molar-refractivity contribution in [3.63, 3.8) is 0 Å². The fourth-order valence-corrected chi connectivity index (χ4v) is 4.73. The van der Waals surface area contributed by atoms with Crippen LogP contribution in [-0.2, 0) is 4.79 Å². The summed E-state index contributed by atoms with van der Waals surface area (Å²) in [5, 5.41) is 3.91. The maximum Gasteiger partial charge on any atom is 0.251 e. The Bertz CT molecular complexity index is 973. The van der Waals surface area contributed by atoms with Crippen molar-refractivity contribution in [1.29, 1.82) is 0 Å². The van der Waals surface area contributed by atoms with Gasteiger partial charge >= 0.3 is 0 Å². The number of amides is 2. The molecule has 1 aliphatic rings. The average molecular weight is 394 g/mol. The highest BCUT2D eigenvalue weighted by Crippen LogP contribution is 2.33. The van der Waals surface area contributed by atoms with E-state index in [1.807, 2.05) is 48.2 Å². The third-order valence-electron chi connectivity index (χ3n) is 5.19. The van der Waals surface area contributed by atoms with Crippen LogP contribution < -0.4 is 5.32 Å². The first kappa shape index (κ1) is 18.6. The van der Waals surface area contributed by atoms with Gasteiger partial charge in [-0.3, -0.25) is 9.59 Å². The summed E-state index contributed by atoms with van der Waals surface area (Å²) in [4.78, 5) is 31.3. The Hall–Kier alpha value is -2.73. The third kappa shape index (κ3) is 4.07. The predicted molar refractivity (Wildman–Crippen MR) is 112 cm³/mol. The number of fused-ring (bicyclic) bond motifs is 1. The van der Waals surface area contributed by atoms with Crippen molar-refractivity contribution in [2.24, 2.45) is 0 Å². The van der Waals surface area contributed by atoms with Crippen LogP contribution in [-0.4, -0.2) is 41.3 Å². The second-order valence-electron chi connectivity index (χ2n) is 7.23. The number of nitrogens with one attached hydrogen (secondary N) is 1. The molecule has 6 heteroatoms. The van der Waals surface area contributed by atoms with E-state index in [-0.39, 0.29) is 18.4 Å². The fourth-order valence-electron chi connectivity index (χ4n) is 3.60. The van der Waals surface area contributed by atoms with Crippen LogP contribution in [0.5, 0.6) is 0 Å². The molecule has 2 heterocycles. The smallest absolute Gasteiger partial charge is 0.251 e. The molecule has 1 fully saturated rings. The van der Waals surface area contributed by atoms with Crippen LogP contribution in [0, 0.1) is 6.92 Å². The maximum absolute atomic E-state index is 12.5. The van der Waals surface area contributed by atoms with E-state index in [2.05, 4.69) is 11.4 Å². The molecular weight excluding hydrogens is 370 g/mol. The minimum absolute atomic E-state index is 0.0243. The first-order valence-corrected chi connectivity index (χ1v) is 10.4. The molecule has 1 aromatic heterocycles. The number of hydrogen-bond acceptors (Lipinski definition) is 4. The molecule has 0 spiro atoms. The van der Waals surface area contributed by atoms with Gasteiger partial charge in [-0.1, -0.05) is 29.8 Å². The quantitative estimate of drug-likeness (QED) is 0.734. The van der Waals surface area contributed by atoms with Gasteiger partial charge in [0.05, 0.1) is 21.8 Å². The van der Waals surface area contributed by atoms with Gasteiger partial charge in [0, 0.05) is 24.6 Å². The lowest BCUT2D eigenvalue weighted by Gasteiger charge is -2.31. The van der Waals surface area contributed by atoms with Gasteiger partial charge in [0.1, 0.15) is 0 Å². The summed E-state index contributed by atoms with van der Waals surface area (Å²) < 4.78 is 1.22. The molecule has 0 unspecified atom stereocenters. The molecule has 1 aliphatic heterocycles. The number of piperidine rings is 1. The lowest BCUT2D eigenvalue weighted by Crippen LogP contribution is -2.43. The van der Waals surface area contributed by atoms with Crippen LogP contribution in [0.15, 0.2) is 48.5 Å². The van der Waals surface area contributed by atoms with E-state index in [0.717, 1.165) is 23.9 Å². The van der Waals surface area contributed by atoms with Crippen LogP contribution in [0.3, 0.4) is 0 Å². The molecule has 1 saturated heterocycles. The highest BCUT2D eigenvalue weighted by atomic mass is 32.1. The zero-order valence-electron chi connectivity index (χ0n) is 15.9. The molecule has 0 bridgehead atoms. The van der Waals surface area contributed by atoms with Crippen molar-refractivity contribution in [3.8, 4) is 0 Å². The summed E-state index contributed by atoms with van der Waals surface area (Å²) in [5.74, 6) is 0.175. The van der Waals surface area contributed by atoms with Crippen LogP contribution in [0.2, 0.25) is 0 Å². The van der Waals surface area contributed by atoms with E-state index in [1.165, 1.54) is 9.71 Å². The molecular formula is C22H23N3O2S. The van der Waals surface area contributed by atoms with Crippen molar-refractivity contribution < 1.29 is 9.59 Å². The average Bonchev–Trinajstić information content (AvgIpc) is 3.16. The van der Waals surface area contributed by atoms with Crippen LogP contribution in [0.4, 0.5) is 0 Å². The molecule has 1 N–H and O–H groups in total. The zero-order chi connectivity index (χ0) is 19.5. The van der Waals surface area contributed by atoms with Crippen molar-refractivity contribution >= 4 is 33.4 Å². The van der Waals surface area contributed by atoms with Gasteiger partial charge in [0.25, 0.3) is 5.91 Å².